The summed E-state index contributed by atoms with van der Waals surface area (Å²) in [5, 5.41) is 0. The number of hydrogen-bond donors (Lipinski definition) is 0. The molecule has 3 aromatic heterocycles. The summed E-state index contributed by atoms with van der Waals surface area (Å²) < 4.78 is 8.01. The van der Waals surface area contributed by atoms with E-state index in [9.17, 15) is 0 Å². The second kappa shape index (κ2) is 7.33. The zero-order valence-electron chi connectivity index (χ0n) is 14.6. The van der Waals surface area contributed by atoms with Gasteiger partial charge >= 0.3 is 0 Å². The first-order valence-electron chi connectivity index (χ1n) is 8.91. The maximum Gasteiger partial charge on any atom is 0.0666 e. The lowest BCUT2D eigenvalue weighted by Gasteiger charge is -2.23. The van der Waals surface area contributed by atoms with Crippen molar-refractivity contribution in [1.82, 2.24) is 19.3 Å². The maximum atomic E-state index is 5.87. The minimum Gasteiger partial charge on any atom is -0.380 e. The summed E-state index contributed by atoms with van der Waals surface area (Å²) in [6, 6.07) is 8.33. The Morgan fingerprint density at radius 2 is 2.04 bits per heavy atom. The molecule has 0 spiro atoms. The molecule has 4 heterocycles. The smallest absolute Gasteiger partial charge is 0.0666 e. The number of hydrogen-bond acceptors (Lipinski definition) is 4. The van der Waals surface area contributed by atoms with Gasteiger partial charge in [-0.3, -0.25) is 14.9 Å². The standard InChI is InChI=1S/C20H24N4O/c1-16-4-2-6-21-19(16)14-23-10-11-25-15-17(13-23)12-18-20-5-3-8-24(20)9-7-22-18/h2-9,17H,10-15H2,1H3. The number of nitrogens with zero attached hydrogens (tertiary/aromatic N) is 4. The molecule has 1 unspecified atom stereocenters. The number of aromatic nitrogens is 3. The molecular formula is C20H24N4O. The predicted octanol–water partition coefficient (Wildman–Crippen LogP) is 2.73. The van der Waals surface area contributed by atoms with Crippen LogP contribution >= 0.6 is 0 Å². The lowest BCUT2D eigenvalue weighted by atomic mass is 10.0. The quantitative estimate of drug-likeness (QED) is 0.735. The summed E-state index contributed by atoms with van der Waals surface area (Å²) in [6.45, 7) is 6.56. The van der Waals surface area contributed by atoms with Crippen LogP contribution in [0.25, 0.3) is 5.52 Å². The lowest BCUT2D eigenvalue weighted by molar-refractivity contribution is 0.121. The molecule has 0 radical (unpaired) electrons. The molecule has 25 heavy (non-hydrogen) atoms. The molecule has 5 nitrogen and oxygen atoms in total. The highest BCUT2D eigenvalue weighted by molar-refractivity contribution is 5.52. The van der Waals surface area contributed by atoms with Crippen molar-refractivity contribution in [2.75, 3.05) is 26.3 Å². The Labute approximate surface area is 148 Å². The summed E-state index contributed by atoms with van der Waals surface area (Å²) in [5.74, 6) is 0.445. The van der Waals surface area contributed by atoms with Crippen molar-refractivity contribution in [1.29, 1.82) is 0 Å². The Bertz CT molecular complexity index is 844. The van der Waals surface area contributed by atoms with Crippen LogP contribution in [0, 0.1) is 12.8 Å². The molecule has 1 saturated heterocycles. The topological polar surface area (TPSA) is 42.7 Å². The van der Waals surface area contributed by atoms with E-state index >= 15 is 0 Å². The van der Waals surface area contributed by atoms with Gasteiger partial charge in [0.2, 0.25) is 0 Å². The van der Waals surface area contributed by atoms with Gasteiger partial charge in [0.25, 0.3) is 0 Å². The molecule has 1 fully saturated rings. The van der Waals surface area contributed by atoms with Crippen LogP contribution in [-0.2, 0) is 17.7 Å². The summed E-state index contributed by atoms with van der Waals surface area (Å²) in [5.41, 5.74) is 4.76. The number of pyridine rings is 1. The van der Waals surface area contributed by atoms with Crippen LogP contribution in [-0.4, -0.2) is 45.6 Å². The molecule has 1 aliphatic rings. The molecule has 0 aromatic carbocycles. The van der Waals surface area contributed by atoms with E-state index in [2.05, 4.69) is 50.6 Å². The fourth-order valence-electron chi connectivity index (χ4n) is 3.58. The van der Waals surface area contributed by atoms with Crippen LogP contribution in [0.2, 0.25) is 0 Å². The molecule has 1 atom stereocenters. The normalized spacial score (nSPS) is 19.2. The highest BCUT2D eigenvalue weighted by Gasteiger charge is 2.21. The summed E-state index contributed by atoms with van der Waals surface area (Å²) in [4.78, 5) is 11.6. The number of fused-ring (bicyclic) bond motifs is 1. The molecule has 0 saturated carbocycles. The van der Waals surface area contributed by atoms with Gasteiger partial charge in [-0.25, -0.2) is 0 Å². The Hall–Kier alpha value is -2.24. The van der Waals surface area contributed by atoms with Gasteiger partial charge in [-0.1, -0.05) is 6.07 Å². The third-order valence-electron chi connectivity index (χ3n) is 4.93. The van der Waals surface area contributed by atoms with Crippen LogP contribution in [0.3, 0.4) is 0 Å². The van der Waals surface area contributed by atoms with Crippen LogP contribution in [0.1, 0.15) is 17.0 Å². The van der Waals surface area contributed by atoms with E-state index in [0.717, 1.165) is 50.7 Å². The highest BCUT2D eigenvalue weighted by Crippen LogP contribution is 2.18. The zero-order chi connectivity index (χ0) is 17.1. The Morgan fingerprint density at radius 1 is 1.12 bits per heavy atom. The van der Waals surface area contributed by atoms with Crippen molar-refractivity contribution in [3.63, 3.8) is 0 Å². The molecule has 4 rings (SSSR count). The van der Waals surface area contributed by atoms with Gasteiger partial charge in [0.1, 0.15) is 0 Å². The van der Waals surface area contributed by atoms with Crippen LogP contribution in [0.4, 0.5) is 0 Å². The van der Waals surface area contributed by atoms with Gasteiger partial charge in [-0.05, 0) is 37.1 Å². The average molecular weight is 336 g/mol. The molecule has 0 N–H and O–H groups in total. The first kappa shape index (κ1) is 16.2. The summed E-state index contributed by atoms with van der Waals surface area (Å²) >= 11 is 0. The fourth-order valence-corrected chi connectivity index (χ4v) is 3.58. The van der Waals surface area contributed by atoms with E-state index in [4.69, 9.17) is 4.74 Å². The Kier molecular flexibility index (Phi) is 4.76. The third-order valence-corrected chi connectivity index (χ3v) is 4.93. The van der Waals surface area contributed by atoms with Crippen molar-refractivity contribution in [2.45, 2.75) is 19.9 Å². The van der Waals surface area contributed by atoms with E-state index in [1.807, 2.05) is 24.7 Å². The molecule has 0 bridgehead atoms. The molecule has 0 amide bonds. The Morgan fingerprint density at radius 3 is 2.96 bits per heavy atom. The van der Waals surface area contributed by atoms with Crippen molar-refractivity contribution >= 4 is 5.52 Å². The first-order valence-corrected chi connectivity index (χ1v) is 8.91. The van der Waals surface area contributed by atoms with Gasteiger partial charge in [-0.15, -0.1) is 0 Å². The van der Waals surface area contributed by atoms with Crippen molar-refractivity contribution in [2.24, 2.45) is 5.92 Å². The number of rotatable bonds is 4. The summed E-state index contributed by atoms with van der Waals surface area (Å²) in [7, 11) is 0. The number of aryl methyl sites for hydroxylation is 1. The maximum absolute atomic E-state index is 5.87. The molecule has 130 valence electrons. The van der Waals surface area contributed by atoms with Crippen LogP contribution in [0.15, 0.2) is 49.1 Å². The minimum absolute atomic E-state index is 0.445. The van der Waals surface area contributed by atoms with Gasteiger partial charge in [0.05, 0.1) is 30.1 Å². The van der Waals surface area contributed by atoms with Crippen molar-refractivity contribution < 1.29 is 4.74 Å². The van der Waals surface area contributed by atoms with Gasteiger partial charge in [0, 0.05) is 50.3 Å². The van der Waals surface area contributed by atoms with E-state index in [0.29, 0.717) is 5.92 Å². The molecule has 3 aromatic rings. The van der Waals surface area contributed by atoms with Crippen molar-refractivity contribution in [3.8, 4) is 0 Å². The second-order valence-corrected chi connectivity index (χ2v) is 6.82. The SMILES string of the molecule is Cc1cccnc1CN1CCOCC(Cc2nccn3cccc23)C1. The zero-order valence-corrected chi connectivity index (χ0v) is 14.6. The van der Waals surface area contributed by atoms with Crippen LogP contribution in [0.5, 0.6) is 0 Å². The second-order valence-electron chi connectivity index (χ2n) is 6.82. The first-order chi connectivity index (χ1) is 12.3. The van der Waals surface area contributed by atoms with E-state index in [-0.39, 0.29) is 0 Å². The minimum atomic E-state index is 0.445. The summed E-state index contributed by atoms with van der Waals surface area (Å²) in [6.07, 6.45) is 8.77. The Balaban J connectivity index is 1.48. The third kappa shape index (κ3) is 3.72. The van der Waals surface area contributed by atoms with E-state index in [1.54, 1.807) is 0 Å². The van der Waals surface area contributed by atoms with E-state index < -0.39 is 0 Å². The van der Waals surface area contributed by atoms with Gasteiger partial charge in [0.15, 0.2) is 0 Å². The van der Waals surface area contributed by atoms with E-state index in [1.165, 1.54) is 11.1 Å². The largest absolute Gasteiger partial charge is 0.380 e. The molecule has 1 aliphatic heterocycles. The molecule has 0 aliphatic carbocycles. The molecule has 5 heteroatoms. The van der Waals surface area contributed by atoms with Gasteiger partial charge in [-0.2, -0.15) is 0 Å². The fraction of sp³-hybridized carbons (Fsp3) is 0.400. The highest BCUT2D eigenvalue weighted by atomic mass is 16.5. The van der Waals surface area contributed by atoms with Crippen molar-refractivity contribution in [3.05, 3.63) is 66.0 Å². The van der Waals surface area contributed by atoms with Crippen LogP contribution < -0.4 is 0 Å². The predicted molar refractivity (Wildman–Crippen MR) is 97.5 cm³/mol. The number of ether oxygens (including phenoxy) is 1. The monoisotopic (exact) mass is 336 g/mol. The molecular weight excluding hydrogens is 312 g/mol. The lowest BCUT2D eigenvalue weighted by Crippen LogP contribution is -2.31. The average Bonchev–Trinajstić information content (AvgIpc) is 3.00. The van der Waals surface area contributed by atoms with Gasteiger partial charge < -0.3 is 9.14 Å².